The van der Waals surface area contributed by atoms with Crippen LogP contribution < -0.4 is 20.3 Å². The molecule has 2 aromatic rings. The maximum atomic E-state index is 12.9. The highest BCUT2D eigenvalue weighted by Crippen LogP contribution is 2.20. The van der Waals surface area contributed by atoms with Gasteiger partial charge < -0.3 is 4.74 Å². The number of benzene rings is 2. The van der Waals surface area contributed by atoms with Gasteiger partial charge in [0.25, 0.3) is 5.91 Å². The molecule has 30 heavy (non-hydrogen) atoms. The maximum Gasteiger partial charge on any atom is 0.276 e. The van der Waals surface area contributed by atoms with E-state index in [4.69, 9.17) is 16.3 Å². The van der Waals surface area contributed by atoms with Crippen LogP contribution in [0.2, 0.25) is 5.02 Å². The van der Waals surface area contributed by atoms with Crippen LogP contribution in [0.25, 0.3) is 0 Å². The highest BCUT2D eigenvalue weighted by Gasteiger charge is 2.13. The standard InChI is InChI=1S/C19H21ClFN3O5S/c1-13-11-15(6-9-17(13)20)29-12-19(26)24-23-18(25)3-2-10-22-30(27,28)16-7-4-14(21)5-8-16/h4-9,11,22H,2-3,10,12H2,1H3,(H,23,25)(H,24,26). The summed E-state index contributed by atoms with van der Waals surface area (Å²) in [4.78, 5) is 23.4. The minimum atomic E-state index is -3.78. The van der Waals surface area contributed by atoms with Crippen LogP contribution >= 0.6 is 11.6 Å². The Morgan fingerprint density at radius 1 is 1.07 bits per heavy atom. The van der Waals surface area contributed by atoms with Gasteiger partial charge in [0.2, 0.25) is 15.9 Å². The number of halogens is 2. The number of aryl methyl sites for hydroxylation is 1. The number of carbonyl (C=O) groups is 2. The molecule has 0 aromatic heterocycles. The quantitative estimate of drug-likeness (QED) is 0.394. The number of ether oxygens (including phenoxy) is 1. The largest absolute Gasteiger partial charge is 0.484 e. The highest BCUT2D eigenvalue weighted by molar-refractivity contribution is 7.89. The summed E-state index contributed by atoms with van der Waals surface area (Å²) in [5, 5.41) is 0.582. The molecule has 2 rings (SSSR count). The monoisotopic (exact) mass is 457 g/mol. The third kappa shape index (κ3) is 7.62. The van der Waals surface area contributed by atoms with E-state index in [1.165, 1.54) is 0 Å². The Labute approximate surface area is 178 Å². The minimum absolute atomic E-state index is 0.000104. The number of hydrogen-bond acceptors (Lipinski definition) is 5. The molecule has 0 heterocycles. The van der Waals surface area contributed by atoms with Crippen LogP contribution in [-0.4, -0.2) is 33.4 Å². The molecule has 0 spiro atoms. The molecule has 2 aromatic carbocycles. The van der Waals surface area contributed by atoms with Crippen LogP contribution in [0.1, 0.15) is 18.4 Å². The lowest BCUT2D eigenvalue weighted by Crippen LogP contribution is -2.44. The van der Waals surface area contributed by atoms with E-state index in [-0.39, 0.29) is 30.9 Å². The third-order valence-corrected chi connectivity index (χ3v) is 5.74. The summed E-state index contributed by atoms with van der Waals surface area (Å²) >= 11 is 5.91. The van der Waals surface area contributed by atoms with Crippen molar-refractivity contribution in [1.82, 2.24) is 15.6 Å². The normalized spacial score (nSPS) is 11.0. The van der Waals surface area contributed by atoms with Gasteiger partial charge in [-0.3, -0.25) is 20.4 Å². The van der Waals surface area contributed by atoms with Crippen molar-refractivity contribution in [3.8, 4) is 5.75 Å². The van der Waals surface area contributed by atoms with E-state index < -0.39 is 27.7 Å². The molecule has 0 saturated carbocycles. The zero-order valence-corrected chi connectivity index (χ0v) is 17.6. The van der Waals surface area contributed by atoms with E-state index in [0.29, 0.717) is 10.8 Å². The average Bonchev–Trinajstić information content (AvgIpc) is 2.71. The molecule has 0 atom stereocenters. The molecule has 0 fully saturated rings. The molecule has 162 valence electrons. The Morgan fingerprint density at radius 2 is 1.73 bits per heavy atom. The van der Waals surface area contributed by atoms with E-state index in [1.54, 1.807) is 25.1 Å². The summed E-state index contributed by atoms with van der Waals surface area (Å²) < 4.78 is 44.5. The molecule has 0 unspecified atom stereocenters. The number of amides is 2. The van der Waals surface area contributed by atoms with Gasteiger partial charge in [-0.1, -0.05) is 11.6 Å². The van der Waals surface area contributed by atoms with Crippen molar-refractivity contribution in [1.29, 1.82) is 0 Å². The van der Waals surface area contributed by atoms with Gasteiger partial charge in [-0.15, -0.1) is 0 Å². The maximum absolute atomic E-state index is 12.9. The van der Waals surface area contributed by atoms with Crippen LogP contribution in [-0.2, 0) is 19.6 Å². The predicted molar refractivity (Wildman–Crippen MR) is 109 cm³/mol. The number of carbonyl (C=O) groups excluding carboxylic acids is 2. The van der Waals surface area contributed by atoms with Crippen LogP contribution in [0.4, 0.5) is 4.39 Å². The van der Waals surface area contributed by atoms with Crippen molar-refractivity contribution in [2.24, 2.45) is 0 Å². The van der Waals surface area contributed by atoms with Gasteiger partial charge in [-0.25, -0.2) is 17.5 Å². The molecule has 8 nitrogen and oxygen atoms in total. The van der Waals surface area contributed by atoms with Crippen molar-refractivity contribution < 1.29 is 27.1 Å². The lowest BCUT2D eigenvalue weighted by molar-refractivity contribution is -0.130. The molecule has 0 aliphatic heterocycles. The van der Waals surface area contributed by atoms with Gasteiger partial charge >= 0.3 is 0 Å². The fourth-order valence-corrected chi connectivity index (χ4v) is 3.44. The van der Waals surface area contributed by atoms with Crippen molar-refractivity contribution in [2.75, 3.05) is 13.2 Å². The topological polar surface area (TPSA) is 114 Å². The number of hydrogen-bond donors (Lipinski definition) is 3. The minimum Gasteiger partial charge on any atom is -0.484 e. The first kappa shape index (κ1) is 23.6. The molecular formula is C19H21ClFN3O5S. The van der Waals surface area contributed by atoms with Crippen molar-refractivity contribution in [3.05, 3.63) is 58.9 Å². The van der Waals surface area contributed by atoms with E-state index in [9.17, 15) is 22.4 Å². The zero-order chi connectivity index (χ0) is 22.1. The number of sulfonamides is 1. The average molecular weight is 458 g/mol. The fraction of sp³-hybridized carbons (Fsp3) is 0.263. The van der Waals surface area contributed by atoms with Gasteiger partial charge in [0, 0.05) is 18.0 Å². The summed E-state index contributed by atoms with van der Waals surface area (Å²) in [6.45, 7) is 1.49. The van der Waals surface area contributed by atoms with E-state index in [0.717, 1.165) is 29.8 Å². The van der Waals surface area contributed by atoms with Crippen LogP contribution in [0.3, 0.4) is 0 Å². The molecule has 0 radical (unpaired) electrons. The van der Waals surface area contributed by atoms with Crippen molar-refractivity contribution in [3.63, 3.8) is 0 Å². The Kier molecular flexibility index (Phi) is 8.58. The van der Waals surface area contributed by atoms with Crippen LogP contribution in [0.5, 0.6) is 5.75 Å². The second kappa shape index (κ2) is 10.9. The molecular weight excluding hydrogens is 437 g/mol. The lowest BCUT2D eigenvalue weighted by Gasteiger charge is -2.10. The summed E-state index contributed by atoms with van der Waals surface area (Å²) in [5.41, 5.74) is 5.22. The third-order valence-electron chi connectivity index (χ3n) is 3.84. The first-order valence-electron chi connectivity index (χ1n) is 8.89. The smallest absolute Gasteiger partial charge is 0.276 e. The Hall–Kier alpha value is -2.69. The predicted octanol–water partition coefficient (Wildman–Crippen LogP) is 2.07. The van der Waals surface area contributed by atoms with Crippen LogP contribution in [0, 0.1) is 12.7 Å². The van der Waals surface area contributed by atoms with Crippen molar-refractivity contribution >= 4 is 33.4 Å². The number of rotatable bonds is 9. The molecule has 11 heteroatoms. The summed E-state index contributed by atoms with van der Waals surface area (Å²) in [7, 11) is -3.78. The second-order valence-corrected chi connectivity index (χ2v) is 8.43. The molecule has 3 N–H and O–H groups in total. The van der Waals surface area contributed by atoms with E-state index in [2.05, 4.69) is 15.6 Å². The summed E-state index contributed by atoms with van der Waals surface area (Å²) in [5.74, 6) is -1.13. The lowest BCUT2D eigenvalue weighted by atomic mass is 10.2. The molecule has 0 aliphatic rings. The Balaban J connectivity index is 1.64. The van der Waals surface area contributed by atoms with Gasteiger partial charge in [0.1, 0.15) is 11.6 Å². The fourth-order valence-electron chi connectivity index (χ4n) is 2.25. The SMILES string of the molecule is Cc1cc(OCC(=O)NNC(=O)CCCNS(=O)(=O)c2ccc(F)cc2)ccc1Cl. The molecule has 2 amide bonds. The molecule has 0 aliphatic carbocycles. The first-order valence-corrected chi connectivity index (χ1v) is 10.8. The van der Waals surface area contributed by atoms with Crippen molar-refractivity contribution in [2.45, 2.75) is 24.7 Å². The molecule has 0 bridgehead atoms. The summed E-state index contributed by atoms with van der Waals surface area (Å²) in [6.07, 6.45) is 0.173. The van der Waals surface area contributed by atoms with Crippen LogP contribution in [0.15, 0.2) is 47.4 Å². The Bertz CT molecular complexity index is 1000. The first-order chi connectivity index (χ1) is 14.2. The Morgan fingerprint density at radius 3 is 2.40 bits per heavy atom. The van der Waals surface area contributed by atoms with Gasteiger partial charge in [-0.2, -0.15) is 0 Å². The summed E-state index contributed by atoms with van der Waals surface area (Å²) in [6, 6.07) is 9.33. The zero-order valence-electron chi connectivity index (χ0n) is 16.1. The number of nitrogens with one attached hydrogen (secondary N) is 3. The van der Waals surface area contributed by atoms with Gasteiger partial charge in [0.15, 0.2) is 6.61 Å². The molecule has 0 saturated heterocycles. The number of hydrazine groups is 1. The second-order valence-electron chi connectivity index (χ2n) is 6.25. The highest BCUT2D eigenvalue weighted by atomic mass is 35.5. The van der Waals surface area contributed by atoms with E-state index in [1.807, 2.05) is 0 Å². The van der Waals surface area contributed by atoms with Gasteiger partial charge in [-0.05, 0) is 61.4 Å². The van der Waals surface area contributed by atoms with Gasteiger partial charge in [0.05, 0.1) is 4.90 Å². The van der Waals surface area contributed by atoms with E-state index >= 15 is 0 Å².